The summed E-state index contributed by atoms with van der Waals surface area (Å²) in [4.78, 5) is 2.36. The Morgan fingerprint density at radius 3 is 1.33 bits per heavy atom. The molecule has 1 heterocycles. The third kappa shape index (κ3) is 7.31. The fourth-order valence-corrected chi connectivity index (χ4v) is 9.55. The second-order valence-electron chi connectivity index (χ2n) is 16.9. The van der Waals surface area contributed by atoms with E-state index in [1.54, 1.807) is 0 Å². The summed E-state index contributed by atoms with van der Waals surface area (Å²) in [6, 6.07) is 93.8. The zero-order valence-electron chi connectivity index (χ0n) is 36.2. The van der Waals surface area contributed by atoms with Crippen molar-refractivity contribution in [2.24, 2.45) is 0 Å². The van der Waals surface area contributed by atoms with Crippen LogP contribution in [0, 0.1) is 0 Å². The molecule has 0 radical (unpaired) electrons. The van der Waals surface area contributed by atoms with E-state index in [2.05, 4.69) is 248 Å². The number of fused-ring (bicyclic) bond motifs is 4. The number of anilines is 3. The van der Waals surface area contributed by atoms with Crippen LogP contribution in [0.4, 0.5) is 17.1 Å². The van der Waals surface area contributed by atoms with E-state index in [1.807, 2.05) is 18.2 Å². The number of furan rings is 1. The number of nitrogens with zero attached hydrogens (tertiary/aromatic N) is 1. The Morgan fingerprint density at radius 2 is 0.682 bits per heavy atom. The van der Waals surface area contributed by atoms with Gasteiger partial charge >= 0.3 is 0 Å². The van der Waals surface area contributed by atoms with Crippen LogP contribution in [-0.4, -0.2) is 0 Å². The van der Waals surface area contributed by atoms with Gasteiger partial charge in [0.1, 0.15) is 11.3 Å². The van der Waals surface area contributed by atoms with E-state index in [-0.39, 0.29) is 0 Å². The first kappa shape index (κ1) is 38.9. The van der Waals surface area contributed by atoms with Gasteiger partial charge in [-0.3, -0.25) is 0 Å². The Labute approximate surface area is 384 Å². The molecule has 0 spiro atoms. The molecular formula is C64H43NO. The number of rotatable bonds is 9. The number of hydrogen-bond acceptors (Lipinski definition) is 2. The van der Waals surface area contributed by atoms with E-state index < -0.39 is 0 Å². The van der Waals surface area contributed by atoms with Gasteiger partial charge in [-0.25, -0.2) is 0 Å². The summed E-state index contributed by atoms with van der Waals surface area (Å²) in [6.07, 6.45) is 0. The molecule has 0 aliphatic heterocycles. The van der Waals surface area contributed by atoms with Crippen molar-refractivity contribution in [2.75, 3.05) is 4.90 Å². The maximum absolute atomic E-state index is 6.30. The highest BCUT2D eigenvalue weighted by molar-refractivity contribution is 6.13. The normalized spacial score (nSPS) is 11.3. The topological polar surface area (TPSA) is 16.4 Å². The monoisotopic (exact) mass is 841 g/mol. The van der Waals surface area contributed by atoms with Crippen LogP contribution in [-0.2, 0) is 0 Å². The average Bonchev–Trinajstić information content (AvgIpc) is 3.84. The van der Waals surface area contributed by atoms with E-state index in [9.17, 15) is 0 Å². The molecule has 0 bridgehead atoms. The van der Waals surface area contributed by atoms with Gasteiger partial charge in [-0.05, 0) is 138 Å². The van der Waals surface area contributed by atoms with E-state index in [0.717, 1.165) is 61.6 Å². The predicted octanol–water partition coefficient (Wildman–Crippen LogP) is 18.2. The Morgan fingerprint density at radius 1 is 0.242 bits per heavy atom. The van der Waals surface area contributed by atoms with Gasteiger partial charge in [-0.1, -0.05) is 200 Å². The fourth-order valence-electron chi connectivity index (χ4n) is 9.55. The molecule has 1 aromatic heterocycles. The van der Waals surface area contributed by atoms with Crippen LogP contribution in [0.15, 0.2) is 265 Å². The third-order valence-electron chi connectivity index (χ3n) is 12.9. The lowest BCUT2D eigenvalue weighted by atomic mass is 9.93. The highest BCUT2D eigenvalue weighted by Gasteiger charge is 2.17. The Balaban J connectivity index is 0.885. The lowest BCUT2D eigenvalue weighted by Crippen LogP contribution is -2.09. The van der Waals surface area contributed by atoms with Crippen molar-refractivity contribution in [3.8, 4) is 67.0 Å². The molecule has 0 fully saturated rings. The molecule has 0 aliphatic rings. The van der Waals surface area contributed by atoms with Gasteiger partial charge in [0.2, 0.25) is 0 Å². The average molecular weight is 842 g/mol. The van der Waals surface area contributed by atoms with Crippen molar-refractivity contribution in [3.05, 3.63) is 261 Å². The van der Waals surface area contributed by atoms with Crippen LogP contribution >= 0.6 is 0 Å². The van der Waals surface area contributed by atoms with Crippen molar-refractivity contribution in [1.29, 1.82) is 0 Å². The van der Waals surface area contributed by atoms with Gasteiger partial charge < -0.3 is 9.32 Å². The molecule has 12 aromatic rings. The molecule has 0 atom stereocenters. The first-order chi connectivity index (χ1) is 32.7. The van der Waals surface area contributed by atoms with E-state index >= 15 is 0 Å². The summed E-state index contributed by atoms with van der Waals surface area (Å²) in [5.74, 6) is 0.875. The molecular weight excluding hydrogens is 799 g/mol. The molecule has 0 N–H and O–H groups in total. The molecule has 11 aromatic carbocycles. The van der Waals surface area contributed by atoms with Gasteiger partial charge in [-0.2, -0.15) is 0 Å². The smallest absolute Gasteiger partial charge is 0.136 e. The zero-order valence-corrected chi connectivity index (χ0v) is 36.2. The van der Waals surface area contributed by atoms with Crippen LogP contribution in [0.1, 0.15) is 0 Å². The number of hydrogen-bond donors (Lipinski definition) is 0. The van der Waals surface area contributed by atoms with Crippen molar-refractivity contribution in [2.45, 2.75) is 0 Å². The summed E-state index contributed by atoms with van der Waals surface area (Å²) in [5.41, 5.74) is 17.0. The minimum atomic E-state index is 0.875. The SMILES string of the molecule is c1ccc(-c2cccc(-c3ccc(N(c4ccc(-c5ccc(-c6ccccc6-c6cc7ccccc7o6)cc5)cc4)c4ccc(-c5cc6ccccc6c6ccccc56)cc4)cc3)c2)cc1. The van der Waals surface area contributed by atoms with E-state index in [1.165, 1.54) is 54.9 Å². The zero-order chi connectivity index (χ0) is 43.8. The quantitative estimate of drug-likeness (QED) is 0.135. The first-order valence-electron chi connectivity index (χ1n) is 22.6. The summed E-state index contributed by atoms with van der Waals surface area (Å²) in [6.45, 7) is 0. The van der Waals surface area contributed by atoms with Crippen molar-refractivity contribution < 1.29 is 4.42 Å². The van der Waals surface area contributed by atoms with Crippen LogP contribution in [0.25, 0.3) is 99.5 Å². The highest BCUT2D eigenvalue weighted by atomic mass is 16.3. The molecule has 0 aliphatic carbocycles. The maximum Gasteiger partial charge on any atom is 0.136 e. The van der Waals surface area contributed by atoms with Crippen molar-refractivity contribution >= 4 is 49.6 Å². The summed E-state index contributed by atoms with van der Waals surface area (Å²) in [5, 5.41) is 6.15. The minimum absolute atomic E-state index is 0.875. The van der Waals surface area contributed by atoms with Crippen LogP contribution in [0.2, 0.25) is 0 Å². The Bertz CT molecular complexity index is 3630. The van der Waals surface area contributed by atoms with Crippen LogP contribution in [0.3, 0.4) is 0 Å². The Hall–Kier alpha value is -8.72. The lowest BCUT2D eigenvalue weighted by molar-refractivity contribution is 0.632. The molecule has 12 rings (SSSR count). The molecule has 2 nitrogen and oxygen atoms in total. The fraction of sp³-hybridized carbons (Fsp3) is 0. The van der Waals surface area contributed by atoms with Gasteiger partial charge in [0, 0.05) is 28.0 Å². The van der Waals surface area contributed by atoms with Gasteiger partial charge in [0.25, 0.3) is 0 Å². The standard InChI is InChI=1S/C64H43NO/c1-2-13-44(14-3-1)50-17-12-18-51(41-50)47-31-37-55(38-32-47)65(56-39-33-49(34-40-56)62-42-52-15-4-6-20-58(52)59-21-8-9-22-60(59)62)54-35-29-46(30-36-54)45-25-27-48(28-26-45)57-19-7-10-23-61(57)64-43-53-16-5-11-24-63(53)66-64/h1-43H. The van der Waals surface area contributed by atoms with Crippen LogP contribution < -0.4 is 4.90 Å². The molecule has 2 heteroatoms. The third-order valence-corrected chi connectivity index (χ3v) is 12.9. The molecule has 0 saturated carbocycles. The number of para-hydroxylation sites is 1. The summed E-state index contributed by atoms with van der Waals surface area (Å²) >= 11 is 0. The van der Waals surface area contributed by atoms with Crippen molar-refractivity contribution in [1.82, 2.24) is 0 Å². The van der Waals surface area contributed by atoms with Crippen LogP contribution in [0.5, 0.6) is 0 Å². The van der Waals surface area contributed by atoms with Gasteiger partial charge in [0.05, 0.1) is 0 Å². The first-order valence-corrected chi connectivity index (χ1v) is 22.6. The molecule has 0 saturated heterocycles. The predicted molar refractivity (Wildman–Crippen MR) is 279 cm³/mol. The molecule has 0 unspecified atom stereocenters. The Kier molecular flexibility index (Phi) is 9.89. The van der Waals surface area contributed by atoms with Gasteiger partial charge in [-0.15, -0.1) is 0 Å². The second-order valence-corrected chi connectivity index (χ2v) is 16.9. The maximum atomic E-state index is 6.30. The minimum Gasteiger partial charge on any atom is -0.456 e. The van der Waals surface area contributed by atoms with E-state index in [0.29, 0.717) is 0 Å². The molecule has 310 valence electrons. The second kappa shape index (κ2) is 16.8. The van der Waals surface area contributed by atoms with Crippen molar-refractivity contribution in [3.63, 3.8) is 0 Å². The largest absolute Gasteiger partial charge is 0.456 e. The highest BCUT2D eigenvalue weighted by Crippen LogP contribution is 2.41. The van der Waals surface area contributed by atoms with E-state index in [4.69, 9.17) is 4.42 Å². The number of benzene rings is 11. The summed E-state index contributed by atoms with van der Waals surface area (Å²) in [7, 11) is 0. The summed E-state index contributed by atoms with van der Waals surface area (Å²) < 4.78 is 6.30. The van der Waals surface area contributed by atoms with Gasteiger partial charge in [0.15, 0.2) is 0 Å². The molecule has 0 amide bonds. The molecule has 66 heavy (non-hydrogen) atoms. The lowest BCUT2D eigenvalue weighted by Gasteiger charge is -2.26.